The maximum atomic E-state index is 12.2. The molecule has 21 heavy (non-hydrogen) atoms. The molecule has 3 rings (SSSR count). The highest BCUT2D eigenvalue weighted by Gasteiger charge is 2.15. The summed E-state index contributed by atoms with van der Waals surface area (Å²) in [6, 6.07) is 11.5. The van der Waals surface area contributed by atoms with E-state index in [1.54, 1.807) is 0 Å². The molecule has 0 saturated heterocycles. The summed E-state index contributed by atoms with van der Waals surface area (Å²) in [7, 11) is 0. The van der Waals surface area contributed by atoms with Gasteiger partial charge in [-0.3, -0.25) is 4.79 Å². The van der Waals surface area contributed by atoms with E-state index in [0.29, 0.717) is 12.2 Å². The number of carbonyl (C=O) groups is 1. The zero-order chi connectivity index (χ0) is 14.8. The van der Waals surface area contributed by atoms with Crippen LogP contribution in [0.5, 0.6) is 11.5 Å². The Labute approximate surface area is 123 Å². The van der Waals surface area contributed by atoms with Gasteiger partial charge in [-0.25, -0.2) is 0 Å². The molecule has 1 N–H and O–H groups in total. The smallest absolute Gasteiger partial charge is 0.231 e. The summed E-state index contributed by atoms with van der Waals surface area (Å²) in [5.74, 6) is 1.40. The number of aryl methyl sites for hydroxylation is 2. The summed E-state index contributed by atoms with van der Waals surface area (Å²) < 4.78 is 10.6. The van der Waals surface area contributed by atoms with Gasteiger partial charge in [0.25, 0.3) is 0 Å². The Hall–Kier alpha value is -2.49. The van der Waals surface area contributed by atoms with Crippen molar-refractivity contribution < 1.29 is 14.3 Å². The highest BCUT2D eigenvalue weighted by Crippen LogP contribution is 2.32. The van der Waals surface area contributed by atoms with E-state index >= 15 is 0 Å². The van der Waals surface area contributed by atoms with Gasteiger partial charge in [-0.05, 0) is 42.7 Å². The van der Waals surface area contributed by atoms with Gasteiger partial charge < -0.3 is 14.8 Å². The van der Waals surface area contributed by atoms with Crippen LogP contribution in [0.1, 0.15) is 16.7 Å². The van der Waals surface area contributed by atoms with Gasteiger partial charge in [0.05, 0.1) is 6.42 Å². The molecule has 0 unspecified atom stereocenters. The van der Waals surface area contributed by atoms with Gasteiger partial charge in [0.15, 0.2) is 11.5 Å². The third-order valence-corrected chi connectivity index (χ3v) is 3.55. The molecule has 4 heteroatoms. The molecule has 2 aromatic carbocycles. The lowest BCUT2D eigenvalue weighted by atomic mass is 10.1. The van der Waals surface area contributed by atoms with Gasteiger partial charge in [-0.2, -0.15) is 0 Å². The average Bonchev–Trinajstić information content (AvgIpc) is 2.90. The summed E-state index contributed by atoms with van der Waals surface area (Å²) in [5, 5.41) is 2.98. The molecule has 1 aliphatic heterocycles. The molecule has 0 fully saturated rings. The van der Waals surface area contributed by atoms with Crippen molar-refractivity contribution in [2.45, 2.75) is 20.3 Å². The molecule has 108 valence electrons. The van der Waals surface area contributed by atoms with Crippen LogP contribution in [0.25, 0.3) is 0 Å². The number of rotatable bonds is 3. The molecule has 0 aliphatic carbocycles. The SMILES string of the molecule is Cc1cccc(C)c1NC(=O)Cc1ccc2c(c1)OCO2. The number of nitrogens with one attached hydrogen (secondary N) is 1. The van der Waals surface area contributed by atoms with Crippen molar-refractivity contribution in [3.63, 3.8) is 0 Å². The van der Waals surface area contributed by atoms with Gasteiger partial charge in [0.1, 0.15) is 0 Å². The van der Waals surface area contributed by atoms with E-state index in [9.17, 15) is 4.79 Å². The van der Waals surface area contributed by atoms with Crippen LogP contribution < -0.4 is 14.8 Å². The monoisotopic (exact) mass is 283 g/mol. The van der Waals surface area contributed by atoms with Crippen LogP contribution in [-0.2, 0) is 11.2 Å². The summed E-state index contributed by atoms with van der Waals surface area (Å²) >= 11 is 0. The zero-order valence-electron chi connectivity index (χ0n) is 12.1. The number of hydrogen-bond acceptors (Lipinski definition) is 3. The minimum Gasteiger partial charge on any atom is -0.454 e. The predicted molar refractivity (Wildman–Crippen MR) is 80.8 cm³/mol. The topological polar surface area (TPSA) is 47.6 Å². The second-order valence-corrected chi connectivity index (χ2v) is 5.18. The van der Waals surface area contributed by atoms with E-state index in [0.717, 1.165) is 28.1 Å². The number of ether oxygens (including phenoxy) is 2. The van der Waals surface area contributed by atoms with Crippen molar-refractivity contribution in [2.75, 3.05) is 12.1 Å². The fourth-order valence-corrected chi connectivity index (χ4v) is 2.43. The molecule has 0 aromatic heterocycles. The minimum absolute atomic E-state index is 0.0359. The number of fused-ring (bicyclic) bond motifs is 1. The zero-order valence-corrected chi connectivity index (χ0v) is 12.1. The Morgan fingerprint density at radius 2 is 1.81 bits per heavy atom. The van der Waals surface area contributed by atoms with Crippen molar-refractivity contribution >= 4 is 11.6 Å². The molecule has 1 heterocycles. The summed E-state index contributed by atoms with van der Waals surface area (Å²) in [4.78, 5) is 12.2. The number of hydrogen-bond donors (Lipinski definition) is 1. The van der Waals surface area contributed by atoms with E-state index in [1.807, 2.05) is 50.2 Å². The molecule has 1 amide bonds. The van der Waals surface area contributed by atoms with Crippen molar-refractivity contribution in [3.8, 4) is 11.5 Å². The number of amides is 1. The van der Waals surface area contributed by atoms with Crippen molar-refractivity contribution in [2.24, 2.45) is 0 Å². The quantitative estimate of drug-likeness (QED) is 0.941. The van der Waals surface area contributed by atoms with Crippen molar-refractivity contribution in [1.29, 1.82) is 0 Å². The largest absolute Gasteiger partial charge is 0.454 e. The van der Waals surface area contributed by atoms with E-state index in [2.05, 4.69) is 5.32 Å². The maximum Gasteiger partial charge on any atom is 0.231 e. The fourth-order valence-electron chi connectivity index (χ4n) is 2.43. The van der Waals surface area contributed by atoms with Crippen molar-refractivity contribution in [3.05, 3.63) is 53.1 Å². The molecule has 0 bridgehead atoms. The van der Waals surface area contributed by atoms with Crippen LogP contribution >= 0.6 is 0 Å². The van der Waals surface area contributed by atoms with E-state index in [-0.39, 0.29) is 12.7 Å². The van der Waals surface area contributed by atoms with Crippen LogP contribution in [-0.4, -0.2) is 12.7 Å². The summed E-state index contributed by atoms with van der Waals surface area (Å²) in [5.41, 5.74) is 3.93. The number of benzene rings is 2. The second kappa shape index (κ2) is 5.48. The third-order valence-electron chi connectivity index (χ3n) is 3.55. The number of carbonyl (C=O) groups excluding carboxylic acids is 1. The van der Waals surface area contributed by atoms with Gasteiger partial charge in [0.2, 0.25) is 12.7 Å². The Balaban J connectivity index is 1.72. The Bertz CT molecular complexity index is 674. The molecule has 2 aromatic rings. The minimum atomic E-state index is -0.0359. The molecule has 4 nitrogen and oxygen atoms in total. The third kappa shape index (κ3) is 2.84. The Kier molecular flexibility index (Phi) is 3.52. The molecular weight excluding hydrogens is 266 g/mol. The van der Waals surface area contributed by atoms with Gasteiger partial charge in [0, 0.05) is 5.69 Å². The first-order valence-electron chi connectivity index (χ1n) is 6.88. The van der Waals surface area contributed by atoms with Crippen LogP contribution in [0, 0.1) is 13.8 Å². The number of para-hydroxylation sites is 1. The van der Waals surface area contributed by atoms with Crippen LogP contribution in [0.3, 0.4) is 0 Å². The highest BCUT2D eigenvalue weighted by atomic mass is 16.7. The lowest BCUT2D eigenvalue weighted by Crippen LogP contribution is -2.16. The van der Waals surface area contributed by atoms with E-state index in [4.69, 9.17) is 9.47 Å². The molecule has 1 aliphatic rings. The molecule has 0 atom stereocenters. The molecule has 0 spiro atoms. The van der Waals surface area contributed by atoms with Gasteiger partial charge >= 0.3 is 0 Å². The van der Waals surface area contributed by atoms with Crippen LogP contribution in [0.4, 0.5) is 5.69 Å². The maximum absolute atomic E-state index is 12.2. The van der Waals surface area contributed by atoms with E-state index < -0.39 is 0 Å². The first-order chi connectivity index (χ1) is 10.1. The Morgan fingerprint density at radius 3 is 2.57 bits per heavy atom. The first kappa shape index (κ1) is 13.5. The Morgan fingerprint density at radius 1 is 1.10 bits per heavy atom. The van der Waals surface area contributed by atoms with Gasteiger partial charge in [-0.1, -0.05) is 24.3 Å². The predicted octanol–water partition coefficient (Wildman–Crippen LogP) is 3.21. The summed E-state index contributed by atoms with van der Waals surface area (Å²) in [6.07, 6.45) is 0.310. The van der Waals surface area contributed by atoms with Crippen LogP contribution in [0.2, 0.25) is 0 Å². The van der Waals surface area contributed by atoms with Crippen LogP contribution in [0.15, 0.2) is 36.4 Å². The first-order valence-corrected chi connectivity index (χ1v) is 6.88. The van der Waals surface area contributed by atoms with Crippen molar-refractivity contribution in [1.82, 2.24) is 0 Å². The lowest BCUT2D eigenvalue weighted by Gasteiger charge is -2.11. The standard InChI is InChI=1S/C17H17NO3/c1-11-4-3-5-12(2)17(11)18-16(19)9-13-6-7-14-15(8-13)21-10-20-14/h3-8H,9-10H2,1-2H3,(H,18,19). The normalized spacial score (nSPS) is 12.3. The highest BCUT2D eigenvalue weighted by molar-refractivity contribution is 5.93. The molecule has 0 saturated carbocycles. The summed E-state index contributed by atoms with van der Waals surface area (Å²) in [6.45, 7) is 4.22. The van der Waals surface area contributed by atoms with E-state index in [1.165, 1.54) is 0 Å². The molecular formula is C17H17NO3. The van der Waals surface area contributed by atoms with Gasteiger partial charge in [-0.15, -0.1) is 0 Å². The number of anilines is 1. The average molecular weight is 283 g/mol. The fraction of sp³-hybridized carbons (Fsp3) is 0.235. The molecule has 0 radical (unpaired) electrons. The second-order valence-electron chi connectivity index (χ2n) is 5.18. The lowest BCUT2D eigenvalue weighted by molar-refractivity contribution is -0.115.